The molecule has 2 aliphatic carbocycles. The number of nitrogens with zero attached hydrogens (tertiary/aromatic N) is 6. The third-order valence-electron chi connectivity index (χ3n) is 9.51. The molecule has 55 heavy (non-hydrogen) atoms. The lowest BCUT2D eigenvalue weighted by Crippen LogP contribution is -2.16. The first-order chi connectivity index (χ1) is 26.8. The van der Waals surface area contributed by atoms with Gasteiger partial charge in [0.2, 0.25) is 0 Å². The van der Waals surface area contributed by atoms with Crippen LogP contribution in [-0.4, -0.2) is 50.9 Å². The van der Waals surface area contributed by atoms with Gasteiger partial charge < -0.3 is 9.47 Å². The molecular weight excluding hydrogens is 693 g/mol. The largest absolute Gasteiger partial charge is 0.465 e. The SMILES string of the molecule is CCCCC(CC)COC(=O)C(C#N)=C1c2cccnc2-c2ncccc21.CCCCC(CC)COC(=O)CC#N.O=C1c2cccnc2-c2ncccc21. The van der Waals surface area contributed by atoms with Gasteiger partial charge in [0.25, 0.3) is 0 Å². The fourth-order valence-electron chi connectivity index (χ4n) is 6.30. The molecule has 11 heteroatoms. The van der Waals surface area contributed by atoms with Crippen molar-refractivity contribution in [2.24, 2.45) is 11.8 Å². The van der Waals surface area contributed by atoms with Crippen molar-refractivity contribution in [3.05, 3.63) is 101 Å². The zero-order valence-corrected chi connectivity index (χ0v) is 32.1. The third-order valence-corrected chi connectivity index (χ3v) is 9.51. The van der Waals surface area contributed by atoms with Crippen LogP contribution in [0.1, 0.15) is 113 Å². The van der Waals surface area contributed by atoms with E-state index in [0.29, 0.717) is 64.5 Å². The molecule has 4 aromatic rings. The zero-order valence-electron chi connectivity index (χ0n) is 32.1. The van der Waals surface area contributed by atoms with E-state index in [2.05, 4.69) is 53.7 Å². The molecule has 2 unspecified atom stereocenters. The minimum absolute atomic E-state index is 0.0151. The Kier molecular flexibility index (Phi) is 16.4. The summed E-state index contributed by atoms with van der Waals surface area (Å²) in [5.41, 5.74) is 6.17. The van der Waals surface area contributed by atoms with Crippen molar-refractivity contribution in [3.63, 3.8) is 0 Å². The van der Waals surface area contributed by atoms with Crippen molar-refractivity contribution in [2.75, 3.05) is 13.2 Å². The van der Waals surface area contributed by atoms with Crippen LogP contribution in [-0.2, 0) is 19.1 Å². The van der Waals surface area contributed by atoms with Gasteiger partial charge in [0.1, 0.15) is 29.5 Å². The maximum absolute atomic E-state index is 12.7. The molecule has 0 amide bonds. The number of nitriles is 2. The Bertz CT molecular complexity index is 1970. The van der Waals surface area contributed by atoms with E-state index in [-0.39, 0.29) is 17.8 Å². The van der Waals surface area contributed by atoms with Gasteiger partial charge in [-0.3, -0.25) is 29.5 Å². The second-order valence-electron chi connectivity index (χ2n) is 13.2. The summed E-state index contributed by atoms with van der Waals surface area (Å²) in [6, 6.07) is 18.3. The molecule has 0 bridgehead atoms. The number of unbranched alkanes of at least 4 members (excludes halogenated alkanes) is 2. The Morgan fingerprint density at radius 3 is 1.47 bits per heavy atom. The van der Waals surface area contributed by atoms with Crippen LogP contribution >= 0.6 is 0 Å². The summed E-state index contributed by atoms with van der Waals surface area (Å²) in [5.74, 6) is -0.171. The maximum Gasteiger partial charge on any atom is 0.349 e. The van der Waals surface area contributed by atoms with Crippen LogP contribution in [0.4, 0.5) is 0 Å². The lowest BCUT2D eigenvalue weighted by molar-refractivity contribution is -0.144. The van der Waals surface area contributed by atoms with Crippen molar-refractivity contribution in [2.45, 2.75) is 85.5 Å². The minimum Gasteiger partial charge on any atom is -0.465 e. The summed E-state index contributed by atoms with van der Waals surface area (Å²) in [6.45, 7) is 9.30. The van der Waals surface area contributed by atoms with E-state index in [1.807, 2.05) is 12.1 Å². The second-order valence-corrected chi connectivity index (χ2v) is 13.2. The highest BCUT2D eigenvalue weighted by Crippen LogP contribution is 2.43. The first kappa shape index (κ1) is 41.7. The standard InChI is InChI=1S/C22H23N3O2.C11H6N2O.C11H19NO2/c1-3-5-8-15(4-2)14-27-22(26)18(13-23)19-16-9-6-11-24-20(16)21-17(19)10-7-12-25-21;14-11-7-3-1-5-12-9(7)10-8(11)4-2-6-13-10;1-3-5-6-10(4-2)9-14-11(13)7-8-12/h6-7,9-12,15H,3-5,8,14H2,1-2H3;1-6H;10H,3-7,9H2,1-2H3. The number of ether oxygens (including phenoxy) is 2. The third kappa shape index (κ3) is 10.8. The highest BCUT2D eigenvalue weighted by atomic mass is 16.5. The van der Waals surface area contributed by atoms with Crippen LogP contribution in [0.3, 0.4) is 0 Å². The average molecular weight is 741 g/mol. The number of aromatic nitrogens is 4. The van der Waals surface area contributed by atoms with Crippen LogP contribution in [0.5, 0.6) is 0 Å². The highest BCUT2D eigenvalue weighted by molar-refractivity contribution is 6.20. The van der Waals surface area contributed by atoms with Crippen LogP contribution < -0.4 is 0 Å². The van der Waals surface area contributed by atoms with Gasteiger partial charge in [0, 0.05) is 41.5 Å². The molecule has 11 nitrogen and oxygen atoms in total. The Hall–Kier alpha value is -6.07. The summed E-state index contributed by atoms with van der Waals surface area (Å²) in [5, 5.41) is 18.0. The second kappa shape index (κ2) is 21.6. The first-order valence-electron chi connectivity index (χ1n) is 19.0. The van der Waals surface area contributed by atoms with E-state index < -0.39 is 11.9 Å². The van der Waals surface area contributed by atoms with Gasteiger partial charge in [-0.25, -0.2) is 4.79 Å². The van der Waals surface area contributed by atoms with Crippen LogP contribution in [0.25, 0.3) is 28.3 Å². The first-order valence-corrected chi connectivity index (χ1v) is 19.0. The molecule has 284 valence electrons. The van der Waals surface area contributed by atoms with E-state index in [9.17, 15) is 19.6 Å². The summed E-state index contributed by atoms with van der Waals surface area (Å²) < 4.78 is 10.5. The van der Waals surface area contributed by atoms with Gasteiger partial charge in [-0.15, -0.1) is 0 Å². The van der Waals surface area contributed by atoms with Crippen molar-refractivity contribution >= 4 is 23.3 Å². The number of pyridine rings is 4. The number of carbonyl (C=O) groups excluding carboxylic acids is 3. The fraction of sp³-hybridized carbons (Fsp3) is 0.386. The van der Waals surface area contributed by atoms with Gasteiger partial charge in [-0.05, 0) is 61.1 Å². The zero-order chi connectivity index (χ0) is 39.6. The molecule has 0 aliphatic heterocycles. The lowest BCUT2D eigenvalue weighted by Gasteiger charge is -2.15. The number of fused-ring (bicyclic) bond motifs is 6. The maximum atomic E-state index is 12.7. The Labute approximate surface area is 323 Å². The van der Waals surface area contributed by atoms with Crippen molar-refractivity contribution in [3.8, 4) is 34.9 Å². The van der Waals surface area contributed by atoms with E-state index in [1.165, 1.54) is 12.8 Å². The van der Waals surface area contributed by atoms with Gasteiger partial charge in [-0.2, -0.15) is 10.5 Å². The molecule has 0 aromatic carbocycles. The molecule has 0 spiro atoms. The topological polar surface area (TPSA) is 169 Å². The van der Waals surface area contributed by atoms with Gasteiger partial charge in [0.05, 0.1) is 41.8 Å². The van der Waals surface area contributed by atoms with Crippen LogP contribution in [0, 0.1) is 34.5 Å². The summed E-state index contributed by atoms with van der Waals surface area (Å²) >= 11 is 0. The van der Waals surface area contributed by atoms with Gasteiger partial charge >= 0.3 is 11.9 Å². The minimum atomic E-state index is -0.575. The molecule has 6 rings (SSSR count). The van der Waals surface area contributed by atoms with E-state index in [4.69, 9.17) is 14.7 Å². The monoisotopic (exact) mass is 740 g/mol. The van der Waals surface area contributed by atoms with Crippen molar-refractivity contribution in [1.29, 1.82) is 10.5 Å². The fourth-order valence-corrected chi connectivity index (χ4v) is 6.30. The molecule has 2 atom stereocenters. The van der Waals surface area contributed by atoms with E-state index in [0.717, 1.165) is 49.7 Å². The number of carbonyl (C=O) groups is 3. The molecular formula is C44H48N6O5. The smallest absolute Gasteiger partial charge is 0.349 e. The molecule has 0 saturated heterocycles. The van der Waals surface area contributed by atoms with Crippen LogP contribution in [0.15, 0.2) is 78.9 Å². The normalized spacial score (nSPS) is 12.4. The molecule has 0 fully saturated rings. The Morgan fingerprint density at radius 1 is 0.655 bits per heavy atom. The Morgan fingerprint density at radius 2 is 1.07 bits per heavy atom. The quantitative estimate of drug-likeness (QED) is 0.0594. The van der Waals surface area contributed by atoms with Crippen molar-refractivity contribution in [1.82, 2.24) is 19.9 Å². The predicted octanol–water partition coefficient (Wildman–Crippen LogP) is 8.89. The molecule has 4 heterocycles. The summed E-state index contributed by atoms with van der Waals surface area (Å²) in [7, 11) is 0. The average Bonchev–Trinajstić information content (AvgIpc) is 3.71. The highest BCUT2D eigenvalue weighted by Gasteiger charge is 2.31. The Balaban J connectivity index is 0.000000202. The van der Waals surface area contributed by atoms with Crippen molar-refractivity contribution < 1.29 is 23.9 Å². The predicted molar refractivity (Wildman–Crippen MR) is 209 cm³/mol. The number of ketones is 1. The number of rotatable bonds is 14. The lowest BCUT2D eigenvalue weighted by atomic mass is 9.99. The summed E-state index contributed by atoms with van der Waals surface area (Å²) in [6.07, 6.45) is 15.3. The van der Waals surface area contributed by atoms with Gasteiger partial charge in [0.15, 0.2) is 5.78 Å². The molecule has 0 N–H and O–H groups in total. The van der Waals surface area contributed by atoms with E-state index >= 15 is 0 Å². The summed E-state index contributed by atoms with van der Waals surface area (Å²) in [4.78, 5) is 52.5. The van der Waals surface area contributed by atoms with E-state index in [1.54, 1.807) is 67.3 Å². The number of hydrogen-bond donors (Lipinski definition) is 0. The molecule has 0 saturated carbocycles. The van der Waals surface area contributed by atoms with Crippen LogP contribution in [0.2, 0.25) is 0 Å². The molecule has 4 aromatic heterocycles. The number of hydrogen-bond acceptors (Lipinski definition) is 11. The number of esters is 2. The van der Waals surface area contributed by atoms with Gasteiger partial charge in [-0.1, -0.05) is 78.4 Å². The molecule has 0 radical (unpaired) electrons. The molecule has 2 aliphatic rings.